The van der Waals surface area contributed by atoms with Gasteiger partial charge in [-0.3, -0.25) is 14.4 Å². The van der Waals surface area contributed by atoms with Crippen LogP contribution in [0.5, 0.6) is 0 Å². The Bertz CT molecular complexity index is 819. The Hall–Kier alpha value is -3.03. The normalized spacial score (nSPS) is 11.8. The second-order valence-corrected chi connectivity index (χ2v) is 5.23. The van der Waals surface area contributed by atoms with Gasteiger partial charge in [0.25, 0.3) is 11.5 Å². The number of aromatic nitrogens is 2. The topological polar surface area (TPSA) is 101 Å². The fraction of sp³-hybridized carbons (Fsp3) is 0.250. The van der Waals surface area contributed by atoms with Crippen molar-refractivity contribution in [3.8, 4) is 5.69 Å². The lowest BCUT2D eigenvalue weighted by Crippen LogP contribution is -2.35. The summed E-state index contributed by atoms with van der Waals surface area (Å²) in [5.74, 6) is -2.17. The molecule has 2 rings (SSSR count). The Morgan fingerprint density at radius 2 is 2.00 bits per heavy atom. The van der Waals surface area contributed by atoms with Crippen LogP contribution in [0.3, 0.4) is 0 Å². The summed E-state index contributed by atoms with van der Waals surface area (Å²) < 4.78 is 14.6. The molecular formula is C16H16FN3O4. The molecule has 0 fully saturated rings. The van der Waals surface area contributed by atoms with E-state index in [-0.39, 0.29) is 30.3 Å². The molecule has 0 radical (unpaired) electrons. The molecule has 1 heterocycles. The van der Waals surface area contributed by atoms with Gasteiger partial charge < -0.3 is 10.4 Å². The Morgan fingerprint density at radius 3 is 2.67 bits per heavy atom. The molecule has 1 aromatic carbocycles. The van der Waals surface area contributed by atoms with E-state index in [1.54, 1.807) is 13.0 Å². The van der Waals surface area contributed by atoms with Gasteiger partial charge in [0, 0.05) is 18.5 Å². The SMILES string of the molecule is CC(CCC(=O)O)NC(=O)c1ccc(=O)n(-c2ccccc2F)n1. The number of hydrogen-bond acceptors (Lipinski definition) is 4. The zero-order valence-electron chi connectivity index (χ0n) is 12.9. The molecular weight excluding hydrogens is 317 g/mol. The third-order valence-electron chi connectivity index (χ3n) is 3.28. The number of hydrogen-bond donors (Lipinski definition) is 2. The van der Waals surface area contributed by atoms with E-state index in [9.17, 15) is 18.8 Å². The molecule has 1 amide bonds. The molecule has 24 heavy (non-hydrogen) atoms. The zero-order valence-corrected chi connectivity index (χ0v) is 12.9. The van der Waals surface area contributed by atoms with E-state index in [1.165, 1.54) is 24.3 Å². The maximum absolute atomic E-state index is 13.8. The summed E-state index contributed by atoms with van der Waals surface area (Å²) in [6.07, 6.45) is 0.178. The number of carboxylic acid groups (broad SMARTS) is 1. The molecule has 0 aliphatic rings. The molecule has 0 spiro atoms. The summed E-state index contributed by atoms with van der Waals surface area (Å²) in [6, 6.07) is 7.56. The summed E-state index contributed by atoms with van der Waals surface area (Å²) in [5, 5.41) is 15.1. The van der Waals surface area contributed by atoms with Crippen LogP contribution in [-0.4, -0.2) is 32.8 Å². The monoisotopic (exact) mass is 333 g/mol. The quantitative estimate of drug-likeness (QED) is 0.831. The minimum absolute atomic E-state index is 0.0592. The average molecular weight is 333 g/mol. The van der Waals surface area contributed by atoms with Gasteiger partial charge in [-0.1, -0.05) is 12.1 Å². The van der Waals surface area contributed by atoms with E-state index in [0.717, 1.165) is 10.7 Å². The van der Waals surface area contributed by atoms with Crippen LogP contribution in [0, 0.1) is 5.82 Å². The maximum atomic E-state index is 13.8. The predicted octanol–water partition coefficient (Wildman–Crippen LogP) is 1.35. The number of amides is 1. The van der Waals surface area contributed by atoms with Gasteiger partial charge >= 0.3 is 5.97 Å². The number of nitrogens with zero attached hydrogens (tertiary/aromatic N) is 2. The van der Waals surface area contributed by atoms with Crippen molar-refractivity contribution in [2.75, 3.05) is 0 Å². The molecule has 2 aromatic rings. The van der Waals surface area contributed by atoms with Gasteiger partial charge in [0.2, 0.25) is 0 Å². The maximum Gasteiger partial charge on any atom is 0.303 e. The fourth-order valence-electron chi connectivity index (χ4n) is 2.04. The predicted molar refractivity (Wildman–Crippen MR) is 83.6 cm³/mol. The van der Waals surface area contributed by atoms with Gasteiger partial charge in [0.1, 0.15) is 17.2 Å². The van der Waals surface area contributed by atoms with Crippen molar-refractivity contribution >= 4 is 11.9 Å². The standard InChI is InChI=1S/C16H16FN3O4/c1-10(6-9-15(22)23)18-16(24)12-7-8-14(21)20(19-12)13-5-3-2-4-11(13)17/h2-5,7-8,10H,6,9H2,1H3,(H,18,24)(H,22,23). The molecule has 0 aliphatic carbocycles. The van der Waals surface area contributed by atoms with Crippen molar-refractivity contribution in [1.82, 2.24) is 15.1 Å². The van der Waals surface area contributed by atoms with Gasteiger partial charge in [-0.2, -0.15) is 9.78 Å². The minimum atomic E-state index is -0.956. The number of carboxylic acids is 1. The molecule has 0 saturated heterocycles. The van der Waals surface area contributed by atoms with Gasteiger partial charge in [0.05, 0.1) is 0 Å². The zero-order chi connectivity index (χ0) is 17.7. The van der Waals surface area contributed by atoms with Crippen LogP contribution in [0.2, 0.25) is 0 Å². The summed E-state index contributed by atoms with van der Waals surface area (Å²) in [7, 11) is 0. The number of carbonyl (C=O) groups is 2. The van der Waals surface area contributed by atoms with E-state index in [0.29, 0.717) is 0 Å². The second-order valence-electron chi connectivity index (χ2n) is 5.23. The molecule has 8 heteroatoms. The number of halogens is 1. The molecule has 126 valence electrons. The number of nitrogens with one attached hydrogen (secondary N) is 1. The highest BCUT2D eigenvalue weighted by molar-refractivity contribution is 5.92. The summed E-state index contributed by atoms with van der Waals surface area (Å²) in [5.41, 5.74) is -0.702. The van der Waals surface area contributed by atoms with Crippen LogP contribution in [0.4, 0.5) is 4.39 Å². The van der Waals surface area contributed by atoms with Crippen LogP contribution in [0.15, 0.2) is 41.2 Å². The first-order chi connectivity index (χ1) is 11.4. The highest BCUT2D eigenvalue weighted by atomic mass is 19.1. The highest BCUT2D eigenvalue weighted by Crippen LogP contribution is 2.09. The van der Waals surface area contributed by atoms with Crippen LogP contribution >= 0.6 is 0 Å². The molecule has 0 aliphatic heterocycles. The third kappa shape index (κ3) is 4.25. The van der Waals surface area contributed by atoms with Gasteiger partial charge in [-0.05, 0) is 31.5 Å². The number of benzene rings is 1. The van der Waals surface area contributed by atoms with Crippen molar-refractivity contribution in [1.29, 1.82) is 0 Å². The second kappa shape index (κ2) is 7.49. The van der Waals surface area contributed by atoms with Crippen molar-refractivity contribution in [2.24, 2.45) is 0 Å². The molecule has 7 nitrogen and oxygen atoms in total. The van der Waals surface area contributed by atoms with Gasteiger partial charge in [-0.15, -0.1) is 0 Å². The summed E-state index contributed by atoms with van der Waals surface area (Å²) in [6.45, 7) is 1.66. The molecule has 2 N–H and O–H groups in total. The molecule has 0 bridgehead atoms. The minimum Gasteiger partial charge on any atom is -0.481 e. The van der Waals surface area contributed by atoms with Crippen LogP contribution < -0.4 is 10.9 Å². The first-order valence-electron chi connectivity index (χ1n) is 7.26. The van der Waals surface area contributed by atoms with Crippen LogP contribution in [-0.2, 0) is 4.79 Å². The van der Waals surface area contributed by atoms with Crippen molar-refractivity contribution in [2.45, 2.75) is 25.8 Å². The molecule has 1 unspecified atom stereocenters. The van der Waals surface area contributed by atoms with Crippen molar-refractivity contribution < 1.29 is 19.1 Å². The Kier molecular flexibility index (Phi) is 5.41. The van der Waals surface area contributed by atoms with Gasteiger partial charge in [0.15, 0.2) is 0 Å². The summed E-state index contributed by atoms with van der Waals surface area (Å²) in [4.78, 5) is 34.6. The molecule has 1 aromatic heterocycles. The average Bonchev–Trinajstić information content (AvgIpc) is 2.54. The van der Waals surface area contributed by atoms with E-state index in [1.807, 2.05) is 0 Å². The molecule has 0 saturated carbocycles. The smallest absolute Gasteiger partial charge is 0.303 e. The Labute approximate surface area is 136 Å². The van der Waals surface area contributed by atoms with Crippen LogP contribution in [0.25, 0.3) is 5.69 Å². The third-order valence-corrected chi connectivity index (χ3v) is 3.28. The summed E-state index contributed by atoms with van der Waals surface area (Å²) >= 11 is 0. The molecule has 1 atom stereocenters. The fourth-order valence-corrected chi connectivity index (χ4v) is 2.04. The van der Waals surface area contributed by atoms with E-state index in [4.69, 9.17) is 5.11 Å². The van der Waals surface area contributed by atoms with E-state index < -0.39 is 23.3 Å². The number of aliphatic carboxylic acids is 1. The number of carbonyl (C=O) groups excluding carboxylic acids is 1. The van der Waals surface area contributed by atoms with Crippen molar-refractivity contribution in [3.05, 3.63) is 58.3 Å². The van der Waals surface area contributed by atoms with Crippen LogP contribution in [0.1, 0.15) is 30.3 Å². The lowest BCUT2D eigenvalue weighted by Gasteiger charge is -2.13. The first-order valence-corrected chi connectivity index (χ1v) is 7.26. The number of para-hydroxylation sites is 1. The lowest BCUT2D eigenvalue weighted by molar-refractivity contribution is -0.137. The Balaban J connectivity index is 2.22. The van der Waals surface area contributed by atoms with E-state index >= 15 is 0 Å². The van der Waals surface area contributed by atoms with E-state index in [2.05, 4.69) is 10.4 Å². The van der Waals surface area contributed by atoms with Crippen molar-refractivity contribution in [3.63, 3.8) is 0 Å². The van der Waals surface area contributed by atoms with Gasteiger partial charge in [-0.25, -0.2) is 4.39 Å². The highest BCUT2D eigenvalue weighted by Gasteiger charge is 2.15. The number of rotatable bonds is 6. The first kappa shape index (κ1) is 17.3. The Morgan fingerprint density at radius 1 is 1.29 bits per heavy atom. The lowest BCUT2D eigenvalue weighted by atomic mass is 10.2. The largest absolute Gasteiger partial charge is 0.481 e.